The van der Waals surface area contributed by atoms with Crippen molar-refractivity contribution in [3.63, 3.8) is 0 Å². The van der Waals surface area contributed by atoms with E-state index < -0.39 is 0 Å². The van der Waals surface area contributed by atoms with Crippen LogP contribution in [0.15, 0.2) is 73.3 Å². The summed E-state index contributed by atoms with van der Waals surface area (Å²) >= 11 is 0. The highest BCUT2D eigenvalue weighted by molar-refractivity contribution is 5.94. The summed E-state index contributed by atoms with van der Waals surface area (Å²) in [5, 5.41) is 3.07. The van der Waals surface area contributed by atoms with Crippen LogP contribution in [0, 0.1) is 0 Å². The Hall–Kier alpha value is -2.35. The molecule has 2 aromatic carbocycles. The predicted molar refractivity (Wildman–Crippen MR) is 82.7 cm³/mol. The molecule has 0 spiro atoms. The van der Waals surface area contributed by atoms with E-state index in [0.29, 0.717) is 5.56 Å². The van der Waals surface area contributed by atoms with Crippen LogP contribution in [0.1, 0.15) is 22.3 Å². The first kappa shape index (κ1) is 14.1. The second-order valence-corrected chi connectivity index (χ2v) is 4.75. The minimum atomic E-state index is -0.0339. The van der Waals surface area contributed by atoms with Crippen molar-refractivity contribution in [2.75, 3.05) is 0 Å². The minimum Gasteiger partial charge on any atom is -0.349 e. The Morgan fingerprint density at radius 2 is 1.65 bits per heavy atom. The molecule has 0 saturated heterocycles. The Morgan fingerprint density at radius 1 is 1.05 bits per heavy atom. The van der Waals surface area contributed by atoms with Gasteiger partial charge in [0.05, 0.1) is 0 Å². The molecular weight excluding hydrogens is 246 g/mol. The molecule has 2 rings (SSSR count). The van der Waals surface area contributed by atoms with Crippen molar-refractivity contribution in [2.24, 2.45) is 0 Å². The van der Waals surface area contributed by atoms with Crippen LogP contribution in [0.3, 0.4) is 0 Å². The second kappa shape index (κ2) is 7.29. The fourth-order valence-corrected chi connectivity index (χ4v) is 2.15. The number of hydrogen-bond donors (Lipinski definition) is 1. The number of carbonyl (C=O) groups is 1. The third-order valence-corrected chi connectivity index (χ3v) is 3.15. The molecule has 1 N–H and O–H groups in total. The van der Waals surface area contributed by atoms with Gasteiger partial charge in [-0.05, 0) is 30.5 Å². The van der Waals surface area contributed by atoms with E-state index in [1.807, 2.05) is 54.6 Å². The fourth-order valence-electron chi connectivity index (χ4n) is 2.15. The van der Waals surface area contributed by atoms with E-state index in [4.69, 9.17) is 0 Å². The second-order valence-electron chi connectivity index (χ2n) is 4.75. The van der Waals surface area contributed by atoms with Crippen LogP contribution in [0.25, 0.3) is 0 Å². The summed E-state index contributed by atoms with van der Waals surface area (Å²) < 4.78 is 0. The Balaban J connectivity index is 2.02. The van der Waals surface area contributed by atoms with Crippen molar-refractivity contribution in [3.05, 3.63) is 84.4 Å². The molecular formula is C18H19NO. The predicted octanol–water partition coefficient (Wildman–Crippen LogP) is 3.60. The molecule has 0 saturated carbocycles. The lowest BCUT2D eigenvalue weighted by Crippen LogP contribution is -2.36. The van der Waals surface area contributed by atoms with Crippen LogP contribution in [-0.4, -0.2) is 11.9 Å². The molecule has 2 heteroatoms. The van der Waals surface area contributed by atoms with E-state index in [0.717, 1.165) is 12.8 Å². The average Bonchev–Trinajstić information content (AvgIpc) is 2.49. The molecule has 2 aromatic rings. The lowest BCUT2D eigenvalue weighted by Gasteiger charge is -2.17. The first-order valence-electron chi connectivity index (χ1n) is 6.80. The van der Waals surface area contributed by atoms with E-state index in [-0.39, 0.29) is 11.9 Å². The Morgan fingerprint density at radius 3 is 2.25 bits per heavy atom. The topological polar surface area (TPSA) is 29.1 Å². The maximum atomic E-state index is 12.2. The van der Waals surface area contributed by atoms with Gasteiger partial charge in [-0.3, -0.25) is 4.79 Å². The highest BCUT2D eigenvalue weighted by Gasteiger charge is 2.12. The van der Waals surface area contributed by atoms with Gasteiger partial charge in [0, 0.05) is 11.6 Å². The van der Waals surface area contributed by atoms with Crippen LogP contribution in [-0.2, 0) is 6.42 Å². The standard InChI is InChI=1S/C18H19NO/c1-2-9-17(14-15-10-5-3-6-11-15)19-18(20)16-12-7-4-8-13-16/h2-8,10-13,17H,1,9,14H2,(H,19,20). The summed E-state index contributed by atoms with van der Waals surface area (Å²) in [6.45, 7) is 3.77. The number of nitrogens with one attached hydrogen (secondary N) is 1. The van der Waals surface area contributed by atoms with Crippen LogP contribution in [0.2, 0.25) is 0 Å². The quantitative estimate of drug-likeness (QED) is 0.794. The zero-order valence-electron chi connectivity index (χ0n) is 11.5. The number of carbonyl (C=O) groups excluding carboxylic acids is 1. The number of benzene rings is 2. The van der Waals surface area contributed by atoms with Crippen molar-refractivity contribution < 1.29 is 4.79 Å². The van der Waals surface area contributed by atoms with Crippen LogP contribution in [0.5, 0.6) is 0 Å². The molecule has 102 valence electrons. The van der Waals surface area contributed by atoms with Gasteiger partial charge in [0.15, 0.2) is 0 Å². The monoisotopic (exact) mass is 265 g/mol. The summed E-state index contributed by atoms with van der Waals surface area (Å²) in [7, 11) is 0. The van der Waals surface area contributed by atoms with Gasteiger partial charge in [-0.15, -0.1) is 6.58 Å². The van der Waals surface area contributed by atoms with Crippen molar-refractivity contribution >= 4 is 5.91 Å². The van der Waals surface area contributed by atoms with Gasteiger partial charge >= 0.3 is 0 Å². The van der Waals surface area contributed by atoms with Crippen LogP contribution >= 0.6 is 0 Å². The molecule has 20 heavy (non-hydrogen) atoms. The Bertz CT molecular complexity index is 548. The van der Waals surface area contributed by atoms with Crippen molar-refractivity contribution in [1.82, 2.24) is 5.32 Å². The van der Waals surface area contributed by atoms with Gasteiger partial charge in [-0.25, -0.2) is 0 Å². The molecule has 0 aliphatic rings. The maximum Gasteiger partial charge on any atom is 0.251 e. The molecule has 0 aromatic heterocycles. The highest BCUT2D eigenvalue weighted by Crippen LogP contribution is 2.08. The molecule has 1 amide bonds. The summed E-state index contributed by atoms with van der Waals surface area (Å²) in [5.41, 5.74) is 1.90. The van der Waals surface area contributed by atoms with Gasteiger partial charge in [0.25, 0.3) is 5.91 Å². The summed E-state index contributed by atoms with van der Waals surface area (Å²) in [6, 6.07) is 19.5. The van der Waals surface area contributed by atoms with Crippen LogP contribution in [0.4, 0.5) is 0 Å². The molecule has 0 heterocycles. The molecule has 0 radical (unpaired) electrons. The molecule has 1 unspecified atom stereocenters. The maximum absolute atomic E-state index is 12.2. The Labute approximate surface area is 120 Å². The van der Waals surface area contributed by atoms with Gasteiger partial charge < -0.3 is 5.32 Å². The average molecular weight is 265 g/mol. The largest absolute Gasteiger partial charge is 0.349 e. The van der Waals surface area contributed by atoms with E-state index in [9.17, 15) is 4.79 Å². The molecule has 1 atom stereocenters. The highest BCUT2D eigenvalue weighted by atomic mass is 16.1. The zero-order chi connectivity index (χ0) is 14.2. The zero-order valence-corrected chi connectivity index (χ0v) is 11.5. The van der Waals surface area contributed by atoms with Crippen molar-refractivity contribution in [3.8, 4) is 0 Å². The van der Waals surface area contributed by atoms with Gasteiger partial charge in [0.1, 0.15) is 0 Å². The first-order valence-corrected chi connectivity index (χ1v) is 6.80. The molecule has 0 aliphatic carbocycles. The van der Waals surface area contributed by atoms with Crippen molar-refractivity contribution in [1.29, 1.82) is 0 Å². The van der Waals surface area contributed by atoms with Crippen molar-refractivity contribution in [2.45, 2.75) is 18.9 Å². The lowest BCUT2D eigenvalue weighted by molar-refractivity contribution is 0.0937. The normalized spacial score (nSPS) is 11.6. The summed E-state index contributed by atoms with van der Waals surface area (Å²) in [6.07, 6.45) is 3.41. The fraction of sp³-hybridized carbons (Fsp3) is 0.167. The first-order chi connectivity index (χ1) is 9.79. The third kappa shape index (κ3) is 4.09. The number of amides is 1. The smallest absolute Gasteiger partial charge is 0.251 e. The number of rotatable bonds is 6. The number of hydrogen-bond acceptors (Lipinski definition) is 1. The third-order valence-electron chi connectivity index (χ3n) is 3.15. The van der Waals surface area contributed by atoms with Gasteiger partial charge in [-0.1, -0.05) is 54.6 Å². The lowest BCUT2D eigenvalue weighted by atomic mass is 10.0. The molecule has 2 nitrogen and oxygen atoms in total. The SMILES string of the molecule is C=CCC(Cc1ccccc1)NC(=O)c1ccccc1. The van der Waals surface area contributed by atoms with Gasteiger partial charge in [0.2, 0.25) is 0 Å². The molecule has 0 bridgehead atoms. The summed E-state index contributed by atoms with van der Waals surface area (Å²) in [5.74, 6) is -0.0339. The minimum absolute atomic E-state index is 0.0339. The van der Waals surface area contributed by atoms with E-state index in [1.165, 1.54) is 5.56 Å². The Kier molecular flexibility index (Phi) is 5.13. The molecule has 0 aliphatic heterocycles. The van der Waals surface area contributed by atoms with E-state index in [2.05, 4.69) is 24.0 Å². The van der Waals surface area contributed by atoms with E-state index >= 15 is 0 Å². The molecule has 0 fully saturated rings. The summed E-state index contributed by atoms with van der Waals surface area (Å²) in [4.78, 5) is 12.2. The van der Waals surface area contributed by atoms with E-state index in [1.54, 1.807) is 0 Å². The van der Waals surface area contributed by atoms with Crippen LogP contribution < -0.4 is 5.32 Å². The van der Waals surface area contributed by atoms with Gasteiger partial charge in [-0.2, -0.15) is 0 Å².